The molecule has 0 spiro atoms. The number of nitriles is 1. The van der Waals surface area contributed by atoms with E-state index in [1.54, 1.807) is 24.3 Å². The Hall–Kier alpha value is -4.45. The van der Waals surface area contributed by atoms with Crippen LogP contribution in [0.3, 0.4) is 0 Å². The van der Waals surface area contributed by atoms with Gasteiger partial charge in [-0.15, -0.1) is 0 Å². The lowest BCUT2D eigenvalue weighted by Gasteiger charge is -2.11. The van der Waals surface area contributed by atoms with E-state index in [9.17, 15) is 14.0 Å². The SMILES string of the molecule is CNC(=O)c1cc(Oc2ccc(NC(=O)Nc3cccc(CC#N)c3)c(F)c2)ccn1. The number of carbonyl (C=O) groups excluding carboxylic acids is 2. The standard InChI is InChI=1S/C22H18FN5O3/c1-25-21(29)20-13-17(8-10-26-20)31-16-5-6-19(18(23)12-16)28-22(30)27-15-4-2-3-14(11-15)7-9-24/h2-6,8,10-13H,7H2,1H3,(H,25,29)(H2,27,28,30). The van der Waals surface area contributed by atoms with Gasteiger partial charge in [0.05, 0.1) is 18.2 Å². The van der Waals surface area contributed by atoms with Crippen molar-refractivity contribution in [1.82, 2.24) is 10.3 Å². The number of benzene rings is 2. The van der Waals surface area contributed by atoms with Crippen molar-refractivity contribution < 1.29 is 18.7 Å². The largest absolute Gasteiger partial charge is 0.457 e. The second-order valence-electron chi connectivity index (χ2n) is 6.31. The van der Waals surface area contributed by atoms with Crippen molar-refractivity contribution in [3.63, 3.8) is 0 Å². The third-order valence-electron chi connectivity index (χ3n) is 4.08. The van der Waals surface area contributed by atoms with E-state index >= 15 is 0 Å². The maximum atomic E-state index is 14.4. The van der Waals surface area contributed by atoms with Gasteiger partial charge in [0.2, 0.25) is 0 Å². The van der Waals surface area contributed by atoms with Crippen LogP contribution in [0, 0.1) is 17.1 Å². The second-order valence-corrected chi connectivity index (χ2v) is 6.31. The number of hydrogen-bond donors (Lipinski definition) is 3. The number of nitrogens with one attached hydrogen (secondary N) is 3. The molecule has 3 rings (SSSR count). The zero-order valence-corrected chi connectivity index (χ0v) is 16.5. The van der Waals surface area contributed by atoms with E-state index in [0.29, 0.717) is 11.4 Å². The average Bonchev–Trinajstić information content (AvgIpc) is 2.76. The first-order valence-electron chi connectivity index (χ1n) is 9.18. The Labute approximate surface area is 177 Å². The topological polar surface area (TPSA) is 116 Å². The first-order valence-corrected chi connectivity index (χ1v) is 9.18. The van der Waals surface area contributed by atoms with E-state index in [-0.39, 0.29) is 29.5 Å². The van der Waals surface area contributed by atoms with Crippen LogP contribution in [0.25, 0.3) is 0 Å². The molecular weight excluding hydrogens is 401 g/mol. The lowest BCUT2D eigenvalue weighted by atomic mass is 10.1. The van der Waals surface area contributed by atoms with E-state index < -0.39 is 11.8 Å². The molecule has 0 bridgehead atoms. The van der Waals surface area contributed by atoms with Gasteiger partial charge in [-0.1, -0.05) is 12.1 Å². The van der Waals surface area contributed by atoms with E-state index in [1.165, 1.54) is 37.5 Å². The molecule has 0 aliphatic rings. The Balaban J connectivity index is 1.65. The molecule has 0 saturated heterocycles. The van der Waals surface area contributed by atoms with Crippen molar-refractivity contribution in [3.05, 3.63) is 77.9 Å². The summed E-state index contributed by atoms with van der Waals surface area (Å²) in [7, 11) is 1.48. The molecule has 0 aliphatic heterocycles. The number of pyridine rings is 1. The number of urea groups is 1. The Bertz CT molecular complexity index is 1160. The smallest absolute Gasteiger partial charge is 0.323 e. The molecule has 0 fully saturated rings. The molecule has 31 heavy (non-hydrogen) atoms. The second kappa shape index (κ2) is 9.84. The third-order valence-corrected chi connectivity index (χ3v) is 4.08. The number of anilines is 2. The van der Waals surface area contributed by atoms with Gasteiger partial charge in [-0.3, -0.25) is 9.78 Å². The van der Waals surface area contributed by atoms with Gasteiger partial charge < -0.3 is 20.7 Å². The minimum Gasteiger partial charge on any atom is -0.457 e. The van der Waals surface area contributed by atoms with Gasteiger partial charge in [-0.25, -0.2) is 9.18 Å². The van der Waals surface area contributed by atoms with Crippen molar-refractivity contribution in [2.24, 2.45) is 0 Å². The Kier molecular flexibility index (Phi) is 6.75. The summed E-state index contributed by atoms with van der Waals surface area (Å²) in [5.74, 6) is -0.586. The summed E-state index contributed by atoms with van der Waals surface area (Å²) in [6, 6.07) is 15.1. The van der Waals surface area contributed by atoms with Crippen molar-refractivity contribution in [2.75, 3.05) is 17.7 Å². The average molecular weight is 419 g/mol. The molecule has 1 aromatic heterocycles. The molecule has 2 aromatic carbocycles. The quantitative estimate of drug-likeness (QED) is 0.557. The summed E-state index contributed by atoms with van der Waals surface area (Å²) in [4.78, 5) is 27.8. The number of amides is 3. The van der Waals surface area contributed by atoms with Crippen LogP contribution in [0.15, 0.2) is 60.8 Å². The molecule has 8 nitrogen and oxygen atoms in total. The van der Waals surface area contributed by atoms with E-state index in [2.05, 4.69) is 20.9 Å². The zero-order chi connectivity index (χ0) is 22.2. The Morgan fingerprint density at radius 1 is 1.10 bits per heavy atom. The van der Waals surface area contributed by atoms with E-state index in [1.807, 2.05) is 6.07 Å². The number of rotatable bonds is 6. The van der Waals surface area contributed by atoms with Gasteiger partial charge in [0, 0.05) is 31.1 Å². The highest BCUT2D eigenvalue weighted by molar-refractivity contribution is 5.99. The third kappa shape index (κ3) is 5.77. The van der Waals surface area contributed by atoms with Crippen molar-refractivity contribution >= 4 is 23.3 Å². The van der Waals surface area contributed by atoms with Gasteiger partial charge in [0.15, 0.2) is 0 Å². The van der Waals surface area contributed by atoms with Gasteiger partial charge in [-0.05, 0) is 35.9 Å². The van der Waals surface area contributed by atoms with Crippen molar-refractivity contribution in [3.8, 4) is 17.6 Å². The van der Waals surface area contributed by atoms with Gasteiger partial charge in [0.25, 0.3) is 5.91 Å². The minimum absolute atomic E-state index is 0.0428. The van der Waals surface area contributed by atoms with Crippen LogP contribution in [0.4, 0.5) is 20.6 Å². The summed E-state index contributed by atoms with van der Waals surface area (Å²) in [6.07, 6.45) is 1.62. The van der Waals surface area contributed by atoms with Crippen LogP contribution >= 0.6 is 0 Å². The highest BCUT2D eigenvalue weighted by atomic mass is 19.1. The molecule has 0 radical (unpaired) electrons. The number of ether oxygens (including phenoxy) is 1. The van der Waals surface area contributed by atoms with Crippen LogP contribution in [-0.2, 0) is 6.42 Å². The first kappa shape index (κ1) is 21.3. The van der Waals surface area contributed by atoms with Crippen LogP contribution < -0.4 is 20.7 Å². The molecule has 1 heterocycles. The van der Waals surface area contributed by atoms with E-state index in [0.717, 1.165) is 11.6 Å². The summed E-state index contributed by atoms with van der Waals surface area (Å²) in [6.45, 7) is 0. The molecule has 3 amide bonds. The molecular formula is C22H18FN5O3. The summed E-state index contributed by atoms with van der Waals surface area (Å²) >= 11 is 0. The van der Waals surface area contributed by atoms with Gasteiger partial charge >= 0.3 is 6.03 Å². The zero-order valence-electron chi connectivity index (χ0n) is 16.5. The highest BCUT2D eigenvalue weighted by Gasteiger charge is 2.11. The maximum absolute atomic E-state index is 14.4. The molecule has 3 N–H and O–H groups in total. The van der Waals surface area contributed by atoms with Crippen LogP contribution in [0.1, 0.15) is 16.1 Å². The summed E-state index contributed by atoms with van der Waals surface area (Å²) < 4.78 is 20.0. The molecule has 0 saturated carbocycles. The van der Waals surface area contributed by atoms with Gasteiger partial charge in [-0.2, -0.15) is 5.26 Å². The monoisotopic (exact) mass is 419 g/mol. The summed E-state index contributed by atoms with van der Waals surface area (Å²) in [5.41, 5.74) is 1.35. The van der Waals surface area contributed by atoms with E-state index in [4.69, 9.17) is 10.00 Å². The Morgan fingerprint density at radius 2 is 1.90 bits per heavy atom. The number of nitrogens with zero attached hydrogens (tertiary/aromatic N) is 2. The number of hydrogen-bond acceptors (Lipinski definition) is 5. The lowest BCUT2D eigenvalue weighted by molar-refractivity contribution is 0.0958. The molecule has 9 heteroatoms. The lowest BCUT2D eigenvalue weighted by Crippen LogP contribution is -2.20. The van der Waals surface area contributed by atoms with Crippen LogP contribution in [0.2, 0.25) is 0 Å². The molecule has 0 unspecified atom stereocenters. The fourth-order valence-corrected chi connectivity index (χ4v) is 2.66. The maximum Gasteiger partial charge on any atom is 0.323 e. The van der Waals surface area contributed by atoms with Crippen molar-refractivity contribution in [1.29, 1.82) is 5.26 Å². The fourth-order valence-electron chi connectivity index (χ4n) is 2.66. The van der Waals surface area contributed by atoms with Crippen molar-refractivity contribution in [2.45, 2.75) is 6.42 Å². The fraction of sp³-hybridized carbons (Fsp3) is 0.0909. The molecule has 3 aromatic rings. The molecule has 0 aliphatic carbocycles. The number of halogens is 1. The molecule has 0 atom stereocenters. The predicted octanol–water partition coefficient (Wildman–Crippen LogP) is 4.08. The number of aromatic nitrogens is 1. The first-order chi connectivity index (χ1) is 15.0. The normalized spacial score (nSPS) is 9.97. The summed E-state index contributed by atoms with van der Waals surface area (Å²) in [5, 5.41) is 16.2. The highest BCUT2D eigenvalue weighted by Crippen LogP contribution is 2.26. The number of carbonyl (C=O) groups is 2. The van der Waals surface area contributed by atoms with Crippen LogP contribution in [0.5, 0.6) is 11.5 Å². The van der Waals surface area contributed by atoms with Gasteiger partial charge in [0.1, 0.15) is 23.0 Å². The van der Waals surface area contributed by atoms with Crippen LogP contribution in [-0.4, -0.2) is 24.0 Å². The Morgan fingerprint density at radius 3 is 2.65 bits per heavy atom. The predicted molar refractivity (Wildman–Crippen MR) is 113 cm³/mol. The molecule has 156 valence electrons. The minimum atomic E-state index is -0.702.